The van der Waals surface area contributed by atoms with Gasteiger partial charge in [-0.3, -0.25) is 4.90 Å². The molecule has 21 heavy (non-hydrogen) atoms. The molecular weight excluding hydrogens is 270 g/mol. The average Bonchev–Trinajstić information content (AvgIpc) is 2.88. The fourth-order valence-electron chi connectivity index (χ4n) is 2.54. The van der Waals surface area contributed by atoms with Crippen LogP contribution >= 0.6 is 0 Å². The number of nitrogens with zero attached hydrogens (tertiary/aromatic N) is 6. The zero-order valence-corrected chi connectivity index (χ0v) is 12.1. The molecule has 8 heteroatoms. The summed E-state index contributed by atoms with van der Waals surface area (Å²) < 4.78 is 1.37. The molecule has 0 radical (unpaired) electrons. The summed E-state index contributed by atoms with van der Waals surface area (Å²) in [5.41, 5.74) is -0.173. The van der Waals surface area contributed by atoms with Crippen LogP contribution in [-0.4, -0.2) is 56.2 Å². The van der Waals surface area contributed by atoms with E-state index < -0.39 is 5.54 Å². The minimum atomic E-state index is -0.445. The molecule has 0 spiro atoms. The summed E-state index contributed by atoms with van der Waals surface area (Å²) in [6.45, 7) is 7.07. The molecule has 1 saturated heterocycles. The fraction of sp³-hybridized carbons (Fsp3) is 0.538. The first-order valence-corrected chi connectivity index (χ1v) is 6.85. The van der Waals surface area contributed by atoms with Gasteiger partial charge in [-0.25, -0.2) is 19.3 Å². The van der Waals surface area contributed by atoms with Crippen molar-refractivity contribution >= 4 is 11.5 Å². The summed E-state index contributed by atoms with van der Waals surface area (Å²) in [5, 5.41) is 15.5. The molecular formula is C13H17N7O. The molecule has 1 fully saturated rings. The summed E-state index contributed by atoms with van der Waals surface area (Å²) in [5.74, 6) is 0.802. The highest BCUT2D eigenvalue weighted by Gasteiger charge is 2.30. The highest BCUT2D eigenvalue weighted by Crippen LogP contribution is 2.19. The van der Waals surface area contributed by atoms with E-state index in [0.29, 0.717) is 5.65 Å². The molecule has 1 N–H and O–H groups in total. The number of aromatic amines is 1. The predicted molar refractivity (Wildman–Crippen MR) is 77.1 cm³/mol. The van der Waals surface area contributed by atoms with E-state index in [9.17, 15) is 10.1 Å². The highest BCUT2D eigenvalue weighted by atomic mass is 16.1. The molecule has 0 aromatic carbocycles. The molecule has 0 amide bonds. The second kappa shape index (κ2) is 4.86. The van der Waals surface area contributed by atoms with E-state index in [2.05, 4.69) is 31.1 Å². The van der Waals surface area contributed by atoms with Crippen LogP contribution in [0.3, 0.4) is 0 Å². The topological polar surface area (TPSA) is 93.3 Å². The fourth-order valence-corrected chi connectivity index (χ4v) is 2.54. The van der Waals surface area contributed by atoms with Gasteiger partial charge in [0.2, 0.25) is 0 Å². The first kappa shape index (κ1) is 13.6. The van der Waals surface area contributed by atoms with Gasteiger partial charge in [0.1, 0.15) is 17.7 Å². The van der Waals surface area contributed by atoms with E-state index in [1.165, 1.54) is 10.7 Å². The molecule has 0 atom stereocenters. The second-order valence-corrected chi connectivity index (χ2v) is 5.65. The quantitative estimate of drug-likeness (QED) is 0.825. The predicted octanol–water partition coefficient (Wildman–Crippen LogP) is -0.158. The molecule has 2 aromatic heterocycles. The van der Waals surface area contributed by atoms with Gasteiger partial charge in [-0.1, -0.05) is 0 Å². The minimum Gasteiger partial charge on any atom is -0.354 e. The van der Waals surface area contributed by atoms with Gasteiger partial charge in [-0.2, -0.15) is 10.4 Å². The van der Waals surface area contributed by atoms with Crippen LogP contribution < -0.4 is 10.6 Å². The third-order valence-electron chi connectivity index (χ3n) is 3.96. The molecule has 3 heterocycles. The Bertz CT molecular complexity index is 746. The van der Waals surface area contributed by atoms with E-state index in [4.69, 9.17) is 0 Å². The normalized spacial score (nSPS) is 17.1. The SMILES string of the molecule is CC(C)(C#N)N1CCN(c2cc3n[nH]c(=O)n3cn2)CC1. The van der Waals surface area contributed by atoms with Crippen LogP contribution in [0.4, 0.5) is 5.82 Å². The molecule has 1 aliphatic rings. The second-order valence-electron chi connectivity index (χ2n) is 5.65. The maximum Gasteiger partial charge on any atom is 0.348 e. The Labute approximate surface area is 121 Å². The van der Waals surface area contributed by atoms with Crippen molar-refractivity contribution < 1.29 is 0 Å². The molecule has 8 nitrogen and oxygen atoms in total. The van der Waals surface area contributed by atoms with Crippen molar-refractivity contribution in [1.82, 2.24) is 24.5 Å². The van der Waals surface area contributed by atoms with E-state index in [0.717, 1.165) is 32.0 Å². The molecule has 3 rings (SSSR count). The van der Waals surface area contributed by atoms with Crippen LogP contribution in [0.1, 0.15) is 13.8 Å². The number of fused-ring (bicyclic) bond motifs is 1. The number of nitrogens with one attached hydrogen (secondary N) is 1. The third-order valence-corrected chi connectivity index (χ3v) is 3.96. The lowest BCUT2D eigenvalue weighted by Gasteiger charge is -2.40. The van der Waals surface area contributed by atoms with E-state index >= 15 is 0 Å². The van der Waals surface area contributed by atoms with Crippen LogP contribution in [0.15, 0.2) is 17.2 Å². The van der Waals surface area contributed by atoms with Gasteiger partial charge in [0.25, 0.3) is 0 Å². The van der Waals surface area contributed by atoms with Crippen LogP contribution in [0.2, 0.25) is 0 Å². The lowest BCUT2D eigenvalue weighted by atomic mass is 10.0. The van der Waals surface area contributed by atoms with Crippen molar-refractivity contribution in [3.05, 3.63) is 22.9 Å². The summed E-state index contributed by atoms with van der Waals surface area (Å²) >= 11 is 0. The summed E-state index contributed by atoms with van der Waals surface area (Å²) in [4.78, 5) is 20.0. The van der Waals surface area contributed by atoms with Crippen LogP contribution in [0, 0.1) is 11.3 Å². The number of hydrogen-bond donors (Lipinski definition) is 1. The molecule has 0 bridgehead atoms. The van der Waals surface area contributed by atoms with Gasteiger partial charge < -0.3 is 4.90 Å². The lowest BCUT2D eigenvalue weighted by molar-refractivity contribution is 0.158. The maximum absolute atomic E-state index is 11.4. The van der Waals surface area contributed by atoms with Crippen molar-refractivity contribution in [3.8, 4) is 6.07 Å². The summed E-state index contributed by atoms with van der Waals surface area (Å²) in [6, 6.07) is 4.13. The first-order chi connectivity index (χ1) is 10.0. The number of H-pyrrole nitrogens is 1. The number of hydrogen-bond acceptors (Lipinski definition) is 6. The van der Waals surface area contributed by atoms with Crippen molar-refractivity contribution in [2.24, 2.45) is 0 Å². The highest BCUT2D eigenvalue weighted by molar-refractivity contribution is 5.50. The number of piperazine rings is 1. The van der Waals surface area contributed by atoms with Crippen LogP contribution in [0.5, 0.6) is 0 Å². The van der Waals surface area contributed by atoms with E-state index in [-0.39, 0.29) is 5.69 Å². The summed E-state index contributed by atoms with van der Waals surface area (Å²) in [6.07, 6.45) is 1.49. The van der Waals surface area contributed by atoms with Gasteiger partial charge in [-0.05, 0) is 13.8 Å². The minimum absolute atomic E-state index is 0.287. The van der Waals surface area contributed by atoms with Crippen molar-refractivity contribution in [1.29, 1.82) is 5.26 Å². The number of aromatic nitrogens is 4. The standard InChI is InChI=1S/C13H17N7O/c1-13(2,8-14)19-5-3-18(4-6-19)10-7-11-16-17-12(21)20(11)9-15-10/h7,9H,3-6H2,1-2H3,(H,17,21). The Kier molecular flexibility index (Phi) is 3.14. The van der Waals surface area contributed by atoms with Crippen molar-refractivity contribution in [3.63, 3.8) is 0 Å². The Morgan fingerprint density at radius 2 is 2.05 bits per heavy atom. The zero-order valence-electron chi connectivity index (χ0n) is 12.1. The molecule has 0 saturated carbocycles. The van der Waals surface area contributed by atoms with E-state index in [1.54, 1.807) is 6.07 Å². The largest absolute Gasteiger partial charge is 0.354 e. The zero-order chi connectivity index (χ0) is 15.0. The Morgan fingerprint density at radius 3 is 2.71 bits per heavy atom. The van der Waals surface area contributed by atoms with Crippen molar-refractivity contribution in [2.75, 3.05) is 31.1 Å². The Hall–Kier alpha value is -2.40. The maximum atomic E-state index is 11.4. The van der Waals surface area contributed by atoms with E-state index in [1.807, 2.05) is 13.8 Å². The number of nitriles is 1. The van der Waals surface area contributed by atoms with Crippen molar-refractivity contribution in [2.45, 2.75) is 19.4 Å². The Balaban J connectivity index is 1.77. The lowest BCUT2D eigenvalue weighted by Crippen LogP contribution is -2.54. The first-order valence-electron chi connectivity index (χ1n) is 6.85. The molecule has 0 aliphatic carbocycles. The van der Waals surface area contributed by atoms with Gasteiger partial charge >= 0.3 is 5.69 Å². The molecule has 2 aromatic rings. The molecule has 1 aliphatic heterocycles. The van der Waals surface area contributed by atoms with Crippen LogP contribution in [0.25, 0.3) is 5.65 Å². The molecule has 110 valence electrons. The van der Waals surface area contributed by atoms with Gasteiger partial charge in [-0.15, -0.1) is 0 Å². The number of anilines is 1. The number of rotatable bonds is 2. The van der Waals surface area contributed by atoms with Crippen LogP contribution in [-0.2, 0) is 0 Å². The van der Waals surface area contributed by atoms with Gasteiger partial charge in [0.05, 0.1) is 6.07 Å². The summed E-state index contributed by atoms with van der Waals surface area (Å²) in [7, 11) is 0. The third kappa shape index (κ3) is 2.36. The molecule has 0 unspecified atom stereocenters. The monoisotopic (exact) mass is 287 g/mol. The van der Waals surface area contributed by atoms with Gasteiger partial charge in [0.15, 0.2) is 5.65 Å². The average molecular weight is 287 g/mol. The van der Waals surface area contributed by atoms with Gasteiger partial charge in [0, 0.05) is 32.2 Å². The Morgan fingerprint density at radius 1 is 1.33 bits per heavy atom. The smallest absolute Gasteiger partial charge is 0.348 e.